The minimum Gasteiger partial charge on any atom is -0.480 e. The molecule has 3 rings (SSSR count). The van der Waals surface area contributed by atoms with Crippen LogP contribution in [-0.4, -0.2) is 37.9 Å². The quantitative estimate of drug-likeness (QED) is 0.472. The monoisotopic (exact) mass is 380 g/mol. The van der Waals surface area contributed by atoms with Crippen LogP contribution in [0.4, 0.5) is 5.69 Å². The summed E-state index contributed by atoms with van der Waals surface area (Å²) in [5.41, 5.74) is 2.04. The number of benzene rings is 2. The number of non-ortho nitro benzene ring substituents is 1. The number of nitrogens with one attached hydrogen (secondary N) is 1. The molecule has 9 nitrogen and oxygen atoms in total. The summed E-state index contributed by atoms with van der Waals surface area (Å²) < 4.78 is 0. The average Bonchev–Trinajstić information content (AvgIpc) is 2.67. The topological polar surface area (TPSA) is 135 Å². The van der Waals surface area contributed by atoms with Crippen LogP contribution in [0.1, 0.15) is 11.3 Å². The van der Waals surface area contributed by atoms with E-state index < -0.39 is 22.8 Å². The highest BCUT2D eigenvalue weighted by atomic mass is 16.6. The van der Waals surface area contributed by atoms with Gasteiger partial charge in [-0.3, -0.25) is 19.9 Å². The van der Waals surface area contributed by atoms with Crippen molar-refractivity contribution in [3.8, 4) is 0 Å². The highest BCUT2D eigenvalue weighted by Gasteiger charge is 2.22. The van der Waals surface area contributed by atoms with Crippen molar-refractivity contribution in [2.24, 2.45) is 0 Å². The van der Waals surface area contributed by atoms with E-state index in [1.165, 1.54) is 24.4 Å². The third kappa shape index (κ3) is 4.64. The fourth-order valence-corrected chi connectivity index (χ4v) is 2.71. The van der Waals surface area contributed by atoms with Crippen molar-refractivity contribution in [2.75, 3.05) is 0 Å². The molecule has 0 aliphatic rings. The third-order valence-corrected chi connectivity index (χ3v) is 4.03. The van der Waals surface area contributed by atoms with E-state index >= 15 is 0 Å². The Labute approximate surface area is 159 Å². The second-order valence-electron chi connectivity index (χ2n) is 6.12. The van der Waals surface area contributed by atoms with E-state index in [9.17, 15) is 24.8 Å². The normalized spacial score (nSPS) is 11.7. The average molecular weight is 380 g/mol. The van der Waals surface area contributed by atoms with E-state index in [0.29, 0.717) is 22.3 Å². The maximum Gasteiger partial charge on any atom is 0.326 e. The molecular weight excluding hydrogens is 364 g/mol. The Morgan fingerprint density at radius 2 is 1.89 bits per heavy atom. The number of amides is 1. The van der Waals surface area contributed by atoms with Crippen LogP contribution in [-0.2, 0) is 22.4 Å². The molecule has 1 aromatic heterocycles. The lowest BCUT2D eigenvalue weighted by atomic mass is 10.1. The number of fused-ring (bicyclic) bond motifs is 1. The second kappa shape index (κ2) is 8.21. The lowest BCUT2D eigenvalue weighted by Gasteiger charge is -2.14. The van der Waals surface area contributed by atoms with E-state index in [-0.39, 0.29) is 18.5 Å². The van der Waals surface area contributed by atoms with E-state index in [1.54, 1.807) is 24.3 Å². The lowest BCUT2D eigenvalue weighted by molar-refractivity contribution is -0.384. The molecule has 0 saturated heterocycles. The Bertz CT molecular complexity index is 1050. The molecule has 0 fully saturated rings. The van der Waals surface area contributed by atoms with Gasteiger partial charge in [-0.15, -0.1) is 0 Å². The number of nitro groups is 1. The molecule has 0 unspecified atom stereocenters. The largest absolute Gasteiger partial charge is 0.480 e. The van der Waals surface area contributed by atoms with Crippen LogP contribution < -0.4 is 5.32 Å². The molecule has 0 saturated carbocycles. The minimum absolute atomic E-state index is 0.0339. The molecule has 28 heavy (non-hydrogen) atoms. The fraction of sp³-hybridized carbons (Fsp3) is 0.158. The van der Waals surface area contributed by atoms with Crippen molar-refractivity contribution in [2.45, 2.75) is 18.9 Å². The first-order valence-electron chi connectivity index (χ1n) is 8.38. The summed E-state index contributed by atoms with van der Waals surface area (Å²) in [6.07, 6.45) is 1.27. The van der Waals surface area contributed by atoms with E-state index in [1.807, 2.05) is 6.07 Å². The standard InChI is InChI=1S/C19H16N4O5/c24-18(9-12-4-3-5-14(8-12)23(27)28)22-17(19(25)26)10-13-11-20-15-6-1-2-7-16(15)21-13/h1-8,11,17H,9-10H2,(H,22,24)(H,25,26)/t17-/m0/s1. The summed E-state index contributed by atoms with van der Waals surface area (Å²) in [6.45, 7) is 0. The van der Waals surface area contributed by atoms with Crippen LogP contribution in [0, 0.1) is 10.1 Å². The summed E-state index contributed by atoms with van der Waals surface area (Å²) in [5.74, 6) is -1.76. The third-order valence-electron chi connectivity index (χ3n) is 4.03. The molecule has 2 aromatic carbocycles. The summed E-state index contributed by atoms with van der Waals surface area (Å²) >= 11 is 0. The lowest BCUT2D eigenvalue weighted by Crippen LogP contribution is -2.43. The van der Waals surface area contributed by atoms with Gasteiger partial charge in [-0.1, -0.05) is 24.3 Å². The number of carboxylic acids is 1. The van der Waals surface area contributed by atoms with Gasteiger partial charge < -0.3 is 10.4 Å². The molecular formula is C19H16N4O5. The van der Waals surface area contributed by atoms with Gasteiger partial charge >= 0.3 is 5.97 Å². The summed E-state index contributed by atoms with van der Waals surface area (Å²) in [6, 6.07) is 11.6. The van der Waals surface area contributed by atoms with Crippen LogP contribution in [0.2, 0.25) is 0 Å². The number of carboxylic acid groups (broad SMARTS) is 1. The smallest absolute Gasteiger partial charge is 0.326 e. The van der Waals surface area contributed by atoms with Gasteiger partial charge in [-0.2, -0.15) is 0 Å². The van der Waals surface area contributed by atoms with Gasteiger partial charge in [-0.25, -0.2) is 9.78 Å². The number of aromatic nitrogens is 2. The highest BCUT2D eigenvalue weighted by molar-refractivity contribution is 5.85. The molecule has 3 aromatic rings. The molecule has 1 atom stereocenters. The van der Waals surface area contributed by atoms with Gasteiger partial charge in [0.1, 0.15) is 6.04 Å². The molecule has 2 N–H and O–H groups in total. The number of rotatable bonds is 7. The molecule has 0 aliphatic heterocycles. The van der Waals surface area contributed by atoms with Crippen LogP contribution in [0.5, 0.6) is 0 Å². The Morgan fingerprint density at radius 1 is 1.14 bits per heavy atom. The van der Waals surface area contributed by atoms with Gasteiger partial charge in [0, 0.05) is 24.8 Å². The van der Waals surface area contributed by atoms with E-state index in [4.69, 9.17) is 0 Å². The Hall–Kier alpha value is -3.88. The fourth-order valence-electron chi connectivity index (χ4n) is 2.71. The van der Waals surface area contributed by atoms with Gasteiger partial charge in [-0.05, 0) is 17.7 Å². The molecule has 0 aliphatic carbocycles. The maximum atomic E-state index is 12.2. The van der Waals surface area contributed by atoms with E-state index in [0.717, 1.165) is 0 Å². The molecule has 142 valence electrons. The minimum atomic E-state index is -1.21. The van der Waals surface area contributed by atoms with Gasteiger partial charge in [0.2, 0.25) is 5.91 Å². The van der Waals surface area contributed by atoms with Gasteiger partial charge in [0.05, 0.1) is 28.1 Å². The highest BCUT2D eigenvalue weighted by Crippen LogP contribution is 2.14. The maximum absolute atomic E-state index is 12.2. The van der Waals surface area contributed by atoms with Crippen molar-refractivity contribution in [1.29, 1.82) is 0 Å². The molecule has 0 bridgehead atoms. The number of carbonyl (C=O) groups is 2. The Morgan fingerprint density at radius 3 is 2.61 bits per heavy atom. The molecule has 1 amide bonds. The number of para-hydroxylation sites is 2. The predicted octanol–water partition coefficient (Wildman–Crippen LogP) is 1.89. The van der Waals surface area contributed by atoms with Crippen LogP contribution in [0.25, 0.3) is 11.0 Å². The van der Waals surface area contributed by atoms with Crippen LogP contribution in [0.15, 0.2) is 54.7 Å². The van der Waals surface area contributed by atoms with Crippen molar-refractivity contribution in [1.82, 2.24) is 15.3 Å². The molecule has 0 radical (unpaired) electrons. The Kier molecular flexibility index (Phi) is 5.54. The molecule has 9 heteroatoms. The van der Waals surface area contributed by atoms with Crippen LogP contribution in [0.3, 0.4) is 0 Å². The summed E-state index contributed by atoms with van der Waals surface area (Å²) in [4.78, 5) is 42.6. The second-order valence-corrected chi connectivity index (χ2v) is 6.12. The van der Waals surface area contributed by atoms with Crippen molar-refractivity contribution in [3.63, 3.8) is 0 Å². The first-order chi connectivity index (χ1) is 13.4. The summed E-state index contributed by atoms with van der Waals surface area (Å²) in [7, 11) is 0. The van der Waals surface area contributed by atoms with Crippen molar-refractivity contribution < 1.29 is 19.6 Å². The number of carbonyl (C=O) groups excluding carboxylic acids is 1. The van der Waals surface area contributed by atoms with Crippen molar-refractivity contribution in [3.05, 3.63) is 76.1 Å². The first kappa shape index (κ1) is 18.9. The zero-order valence-electron chi connectivity index (χ0n) is 14.6. The summed E-state index contributed by atoms with van der Waals surface area (Å²) in [5, 5.41) is 22.7. The molecule has 1 heterocycles. The number of nitrogens with zero attached hydrogens (tertiary/aromatic N) is 3. The first-order valence-corrected chi connectivity index (χ1v) is 8.38. The van der Waals surface area contributed by atoms with Crippen molar-refractivity contribution >= 4 is 28.6 Å². The zero-order valence-corrected chi connectivity index (χ0v) is 14.6. The predicted molar refractivity (Wildman–Crippen MR) is 99.6 cm³/mol. The number of aliphatic carboxylic acids is 1. The zero-order chi connectivity index (χ0) is 20.1. The number of hydrogen-bond donors (Lipinski definition) is 2. The van der Waals surface area contributed by atoms with Gasteiger partial charge in [0.25, 0.3) is 5.69 Å². The Balaban J connectivity index is 1.69. The van der Waals surface area contributed by atoms with Gasteiger partial charge in [0.15, 0.2) is 0 Å². The van der Waals surface area contributed by atoms with E-state index in [2.05, 4.69) is 15.3 Å². The number of nitro benzene ring substituents is 1. The van der Waals surface area contributed by atoms with Crippen LogP contribution >= 0.6 is 0 Å². The molecule has 0 spiro atoms. The number of hydrogen-bond acceptors (Lipinski definition) is 6. The SMILES string of the molecule is O=C(Cc1cccc([N+](=O)[O-])c1)N[C@@H](Cc1cnc2ccccc2n1)C(=O)O.